The lowest BCUT2D eigenvalue weighted by Gasteiger charge is -2.20. The summed E-state index contributed by atoms with van der Waals surface area (Å²) in [5, 5.41) is 0. The molecule has 1 fully saturated rings. The van der Waals surface area contributed by atoms with Crippen LogP contribution in [0.25, 0.3) is 0 Å². The fourth-order valence-corrected chi connectivity index (χ4v) is 3.09. The van der Waals surface area contributed by atoms with Crippen LogP contribution in [-0.4, -0.2) is 6.29 Å². The van der Waals surface area contributed by atoms with Crippen LogP contribution in [0.5, 0.6) is 0 Å². The van der Waals surface area contributed by atoms with Gasteiger partial charge in [-0.3, -0.25) is 0 Å². The van der Waals surface area contributed by atoms with Crippen molar-refractivity contribution < 1.29 is 4.79 Å². The lowest BCUT2D eigenvalue weighted by Crippen LogP contribution is -2.11. The Morgan fingerprint density at radius 2 is 1.68 bits per heavy atom. The van der Waals surface area contributed by atoms with Crippen molar-refractivity contribution in [1.82, 2.24) is 0 Å². The SMILES string of the molecule is CC[C@]1(c2cc(C(C)C)cc(C(C)C)c2)C[C@H]1C=O. The number of carbonyl (C=O) groups is 1. The minimum Gasteiger partial charge on any atom is -0.303 e. The van der Waals surface area contributed by atoms with Crippen molar-refractivity contribution in [3.05, 3.63) is 34.9 Å². The Morgan fingerprint density at radius 1 is 1.16 bits per heavy atom. The van der Waals surface area contributed by atoms with Gasteiger partial charge in [0.15, 0.2) is 0 Å². The van der Waals surface area contributed by atoms with Crippen LogP contribution in [0, 0.1) is 5.92 Å². The van der Waals surface area contributed by atoms with Crippen LogP contribution in [0.1, 0.15) is 76.0 Å². The van der Waals surface area contributed by atoms with Crippen LogP contribution < -0.4 is 0 Å². The van der Waals surface area contributed by atoms with Crippen molar-refractivity contribution in [3.63, 3.8) is 0 Å². The van der Waals surface area contributed by atoms with E-state index < -0.39 is 0 Å². The number of hydrogen-bond acceptors (Lipinski definition) is 1. The van der Waals surface area contributed by atoms with Crippen LogP contribution in [0.4, 0.5) is 0 Å². The Kier molecular flexibility index (Phi) is 3.85. The van der Waals surface area contributed by atoms with Gasteiger partial charge in [0.2, 0.25) is 0 Å². The Morgan fingerprint density at radius 3 is 2.00 bits per heavy atom. The highest BCUT2D eigenvalue weighted by molar-refractivity contribution is 5.65. The molecular formula is C18H26O. The van der Waals surface area contributed by atoms with E-state index >= 15 is 0 Å². The predicted octanol–water partition coefficient (Wildman–Crippen LogP) is 4.80. The van der Waals surface area contributed by atoms with Gasteiger partial charge in [-0.25, -0.2) is 0 Å². The lowest BCUT2D eigenvalue weighted by molar-refractivity contribution is -0.109. The molecule has 1 aliphatic rings. The molecule has 0 unspecified atom stereocenters. The molecule has 0 amide bonds. The standard InChI is InChI=1S/C18H26O/c1-6-18(10-17(18)11-19)16-8-14(12(2)3)7-15(9-16)13(4)5/h7-9,11-13,17H,6,10H2,1-5H3/t17-,18+/m0/s1. The first kappa shape index (κ1) is 14.3. The van der Waals surface area contributed by atoms with Crippen molar-refractivity contribution in [3.8, 4) is 0 Å². The summed E-state index contributed by atoms with van der Waals surface area (Å²) in [6.07, 6.45) is 3.25. The first-order chi connectivity index (χ1) is 8.94. The van der Waals surface area contributed by atoms with E-state index in [2.05, 4.69) is 52.8 Å². The predicted molar refractivity (Wildman–Crippen MR) is 80.8 cm³/mol. The molecule has 1 saturated carbocycles. The maximum absolute atomic E-state index is 11.2. The molecule has 2 rings (SSSR count). The number of aldehydes is 1. The molecule has 0 heterocycles. The van der Waals surface area contributed by atoms with Crippen LogP contribution in [0.2, 0.25) is 0 Å². The second-order valence-corrected chi connectivity index (χ2v) is 6.65. The molecule has 1 nitrogen and oxygen atoms in total. The van der Waals surface area contributed by atoms with Gasteiger partial charge >= 0.3 is 0 Å². The highest BCUT2D eigenvalue weighted by Gasteiger charge is 2.53. The molecule has 0 aliphatic heterocycles. The molecule has 0 N–H and O–H groups in total. The first-order valence-electron chi connectivity index (χ1n) is 7.55. The van der Waals surface area contributed by atoms with E-state index in [-0.39, 0.29) is 11.3 Å². The fourth-order valence-electron chi connectivity index (χ4n) is 3.09. The van der Waals surface area contributed by atoms with E-state index in [9.17, 15) is 4.79 Å². The van der Waals surface area contributed by atoms with Crippen LogP contribution in [0.3, 0.4) is 0 Å². The van der Waals surface area contributed by atoms with Gasteiger partial charge in [-0.2, -0.15) is 0 Å². The maximum atomic E-state index is 11.2. The Bertz CT molecular complexity index is 446. The number of carbonyl (C=O) groups excluding carboxylic acids is 1. The zero-order valence-corrected chi connectivity index (χ0v) is 12.9. The molecule has 104 valence electrons. The Labute approximate surface area is 117 Å². The van der Waals surface area contributed by atoms with Gasteiger partial charge in [0.1, 0.15) is 6.29 Å². The molecule has 1 aliphatic carbocycles. The van der Waals surface area contributed by atoms with Crippen LogP contribution in [0.15, 0.2) is 18.2 Å². The summed E-state index contributed by atoms with van der Waals surface area (Å²) < 4.78 is 0. The molecule has 0 saturated heterocycles. The number of hydrogen-bond donors (Lipinski definition) is 0. The van der Waals surface area contributed by atoms with Gasteiger partial charge < -0.3 is 4.79 Å². The smallest absolute Gasteiger partial charge is 0.123 e. The van der Waals surface area contributed by atoms with E-state index in [0.717, 1.165) is 19.1 Å². The van der Waals surface area contributed by atoms with E-state index in [0.29, 0.717) is 11.8 Å². The fraction of sp³-hybridized carbons (Fsp3) is 0.611. The summed E-state index contributed by atoms with van der Waals surface area (Å²) in [5.41, 5.74) is 4.34. The topological polar surface area (TPSA) is 17.1 Å². The molecule has 0 radical (unpaired) electrons. The van der Waals surface area contributed by atoms with Crippen molar-refractivity contribution in [2.24, 2.45) is 5.92 Å². The third kappa shape index (κ3) is 2.48. The molecule has 0 aromatic heterocycles. The molecule has 1 aromatic rings. The van der Waals surface area contributed by atoms with Gasteiger partial charge in [-0.1, -0.05) is 52.8 Å². The zero-order chi connectivity index (χ0) is 14.2. The Hall–Kier alpha value is -1.11. The first-order valence-corrected chi connectivity index (χ1v) is 7.55. The summed E-state index contributed by atoms with van der Waals surface area (Å²) in [5.74, 6) is 1.32. The monoisotopic (exact) mass is 258 g/mol. The molecule has 1 aromatic carbocycles. The van der Waals surface area contributed by atoms with Gasteiger partial charge in [0, 0.05) is 11.3 Å². The molecule has 19 heavy (non-hydrogen) atoms. The minimum absolute atomic E-state index is 0.135. The number of rotatable bonds is 5. The quantitative estimate of drug-likeness (QED) is 0.693. The molecule has 2 atom stereocenters. The van der Waals surface area contributed by atoms with E-state index in [1.54, 1.807) is 0 Å². The third-order valence-electron chi connectivity index (χ3n) is 4.81. The van der Waals surface area contributed by atoms with Crippen molar-refractivity contribution >= 4 is 6.29 Å². The summed E-state index contributed by atoms with van der Waals surface area (Å²) >= 11 is 0. The molecule has 1 heteroatoms. The molecular weight excluding hydrogens is 232 g/mol. The molecule has 0 spiro atoms. The van der Waals surface area contributed by atoms with Gasteiger partial charge in [0.05, 0.1) is 0 Å². The highest BCUT2D eigenvalue weighted by Crippen LogP contribution is 2.56. The maximum Gasteiger partial charge on any atom is 0.123 e. The van der Waals surface area contributed by atoms with Crippen LogP contribution >= 0.6 is 0 Å². The molecule has 0 bridgehead atoms. The highest BCUT2D eigenvalue weighted by atomic mass is 16.1. The summed E-state index contributed by atoms with van der Waals surface area (Å²) in [4.78, 5) is 11.2. The van der Waals surface area contributed by atoms with Crippen LogP contribution in [-0.2, 0) is 10.2 Å². The largest absolute Gasteiger partial charge is 0.303 e. The third-order valence-corrected chi connectivity index (χ3v) is 4.81. The zero-order valence-electron chi connectivity index (χ0n) is 12.9. The lowest BCUT2D eigenvalue weighted by atomic mass is 9.84. The normalized spacial score (nSPS) is 25.9. The van der Waals surface area contributed by atoms with Gasteiger partial charge in [0.25, 0.3) is 0 Å². The average Bonchev–Trinajstić information content (AvgIpc) is 3.13. The summed E-state index contributed by atoms with van der Waals surface area (Å²) in [7, 11) is 0. The van der Waals surface area contributed by atoms with Crippen molar-refractivity contribution in [2.75, 3.05) is 0 Å². The van der Waals surface area contributed by atoms with Crippen molar-refractivity contribution in [1.29, 1.82) is 0 Å². The number of benzene rings is 1. The summed E-state index contributed by atoms with van der Waals surface area (Å²) in [6, 6.07) is 7.01. The van der Waals surface area contributed by atoms with E-state index in [1.165, 1.54) is 16.7 Å². The minimum atomic E-state index is 0.135. The van der Waals surface area contributed by atoms with Gasteiger partial charge in [-0.05, 0) is 41.4 Å². The average molecular weight is 258 g/mol. The van der Waals surface area contributed by atoms with E-state index in [1.807, 2.05) is 0 Å². The van der Waals surface area contributed by atoms with Crippen molar-refractivity contribution in [2.45, 2.75) is 64.7 Å². The van der Waals surface area contributed by atoms with E-state index in [4.69, 9.17) is 0 Å². The Balaban J connectivity index is 2.48. The second kappa shape index (κ2) is 5.11. The second-order valence-electron chi connectivity index (χ2n) is 6.65. The van der Waals surface area contributed by atoms with Gasteiger partial charge in [-0.15, -0.1) is 0 Å². The summed E-state index contributed by atoms with van der Waals surface area (Å²) in [6.45, 7) is 11.2.